The van der Waals surface area contributed by atoms with Crippen LogP contribution in [-0.4, -0.2) is 11.8 Å². The molecular weight excluding hydrogens is 328 g/mol. The monoisotopic (exact) mass is 350 g/mol. The number of amides is 2. The average molecular weight is 350 g/mol. The van der Waals surface area contributed by atoms with Crippen molar-refractivity contribution in [2.75, 3.05) is 10.6 Å². The predicted octanol–water partition coefficient (Wildman–Crippen LogP) is 4.90. The Morgan fingerprint density at radius 1 is 0.962 bits per heavy atom. The van der Waals surface area contributed by atoms with Gasteiger partial charge in [0.1, 0.15) is 5.58 Å². The normalized spacial score (nSPS) is 11.0. The SMILES string of the molecule is Cc1c(C(=O)Nc2cccc(NC(=O)C(C)C)c2)oc2c(C)cccc12. The summed E-state index contributed by atoms with van der Waals surface area (Å²) in [4.78, 5) is 24.5. The first-order valence-corrected chi connectivity index (χ1v) is 8.58. The molecule has 0 saturated heterocycles. The number of rotatable bonds is 4. The molecule has 134 valence electrons. The van der Waals surface area contributed by atoms with Gasteiger partial charge in [0, 0.05) is 28.2 Å². The van der Waals surface area contributed by atoms with E-state index in [0.29, 0.717) is 17.1 Å². The number of nitrogens with one attached hydrogen (secondary N) is 2. The number of benzene rings is 2. The van der Waals surface area contributed by atoms with Crippen molar-refractivity contribution in [1.82, 2.24) is 0 Å². The van der Waals surface area contributed by atoms with Gasteiger partial charge in [-0.05, 0) is 37.6 Å². The predicted molar refractivity (Wildman–Crippen MR) is 104 cm³/mol. The molecule has 0 unspecified atom stereocenters. The van der Waals surface area contributed by atoms with Crippen LogP contribution in [0.1, 0.15) is 35.5 Å². The lowest BCUT2D eigenvalue weighted by Crippen LogP contribution is -2.18. The maximum absolute atomic E-state index is 12.7. The van der Waals surface area contributed by atoms with Crippen LogP contribution in [0.4, 0.5) is 11.4 Å². The van der Waals surface area contributed by atoms with Crippen molar-refractivity contribution >= 4 is 34.2 Å². The maximum atomic E-state index is 12.7. The lowest BCUT2D eigenvalue weighted by molar-refractivity contribution is -0.118. The summed E-state index contributed by atoms with van der Waals surface area (Å²) in [6, 6.07) is 12.9. The Morgan fingerprint density at radius 2 is 1.62 bits per heavy atom. The minimum absolute atomic E-state index is 0.0721. The second kappa shape index (κ2) is 7.04. The summed E-state index contributed by atoms with van der Waals surface area (Å²) in [7, 11) is 0. The highest BCUT2D eigenvalue weighted by molar-refractivity contribution is 6.07. The minimum atomic E-state index is -0.314. The van der Waals surface area contributed by atoms with Crippen molar-refractivity contribution in [1.29, 1.82) is 0 Å². The molecule has 0 bridgehead atoms. The van der Waals surface area contributed by atoms with Crippen molar-refractivity contribution < 1.29 is 14.0 Å². The number of fused-ring (bicyclic) bond motifs is 1. The van der Waals surface area contributed by atoms with Crippen LogP contribution in [-0.2, 0) is 4.79 Å². The zero-order chi connectivity index (χ0) is 18.8. The second-order valence-electron chi connectivity index (χ2n) is 6.69. The smallest absolute Gasteiger partial charge is 0.291 e. The van der Waals surface area contributed by atoms with Crippen LogP contribution in [0.2, 0.25) is 0 Å². The molecule has 2 N–H and O–H groups in total. The van der Waals surface area contributed by atoms with Crippen LogP contribution in [0.3, 0.4) is 0 Å². The Hall–Kier alpha value is -3.08. The molecule has 2 amide bonds. The van der Waals surface area contributed by atoms with Crippen LogP contribution in [0, 0.1) is 19.8 Å². The van der Waals surface area contributed by atoms with E-state index in [-0.39, 0.29) is 17.7 Å². The molecule has 3 aromatic rings. The molecule has 5 heteroatoms. The fourth-order valence-electron chi connectivity index (χ4n) is 2.75. The summed E-state index contributed by atoms with van der Waals surface area (Å²) in [6.45, 7) is 7.48. The van der Waals surface area contributed by atoms with Crippen molar-refractivity contribution in [3.8, 4) is 0 Å². The lowest BCUT2D eigenvalue weighted by atomic mass is 10.1. The molecule has 0 aliphatic rings. The summed E-state index contributed by atoms with van der Waals surface area (Å²) in [5.41, 5.74) is 3.76. The van der Waals surface area contributed by atoms with Gasteiger partial charge in [0.2, 0.25) is 5.91 Å². The van der Waals surface area contributed by atoms with Gasteiger partial charge in [0.25, 0.3) is 5.91 Å². The molecule has 3 rings (SSSR count). The Bertz CT molecular complexity index is 986. The topological polar surface area (TPSA) is 71.3 Å². The van der Waals surface area contributed by atoms with Crippen LogP contribution in [0.15, 0.2) is 46.9 Å². The Balaban J connectivity index is 1.84. The third-order valence-electron chi connectivity index (χ3n) is 4.28. The summed E-state index contributed by atoms with van der Waals surface area (Å²) in [5.74, 6) is -0.205. The van der Waals surface area contributed by atoms with E-state index in [1.807, 2.05) is 45.9 Å². The minimum Gasteiger partial charge on any atom is -0.450 e. The van der Waals surface area contributed by atoms with E-state index in [0.717, 1.165) is 22.1 Å². The van der Waals surface area contributed by atoms with E-state index in [9.17, 15) is 9.59 Å². The average Bonchev–Trinajstić information content (AvgIpc) is 2.94. The quantitative estimate of drug-likeness (QED) is 0.703. The van der Waals surface area contributed by atoms with Gasteiger partial charge in [-0.1, -0.05) is 38.1 Å². The molecule has 0 aliphatic heterocycles. The number of hydrogen-bond donors (Lipinski definition) is 2. The molecule has 26 heavy (non-hydrogen) atoms. The first-order valence-electron chi connectivity index (χ1n) is 8.58. The summed E-state index contributed by atoms with van der Waals surface area (Å²) >= 11 is 0. The lowest BCUT2D eigenvalue weighted by Gasteiger charge is -2.10. The molecule has 0 fully saturated rings. The number of para-hydroxylation sites is 1. The summed E-state index contributed by atoms with van der Waals surface area (Å²) in [5, 5.41) is 6.60. The molecule has 2 aromatic carbocycles. The molecule has 5 nitrogen and oxygen atoms in total. The van der Waals surface area contributed by atoms with Gasteiger partial charge in [0.05, 0.1) is 0 Å². The van der Waals surface area contributed by atoms with Crippen molar-refractivity contribution in [3.63, 3.8) is 0 Å². The molecule has 0 radical (unpaired) electrons. The second-order valence-corrected chi connectivity index (χ2v) is 6.69. The largest absolute Gasteiger partial charge is 0.450 e. The zero-order valence-corrected chi connectivity index (χ0v) is 15.3. The van der Waals surface area contributed by atoms with E-state index >= 15 is 0 Å². The first-order chi connectivity index (χ1) is 12.4. The Labute approximate surface area is 152 Å². The number of aryl methyl sites for hydroxylation is 2. The van der Waals surface area contributed by atoms with Gasteiger partial charge in [-0.3, -0.25) is 9.59 Å². The first kappa shape index (κ1) is 17.7. The van der Waals surface area contributed by atoms with Crippen molar-refractivity contribution in [2.24, 2.45) is 5.92 Å². The number of carbonyl (C=O) groups excluding carboxylic acids is 2. The Kier molecular flexibility index (Phi) is 4.80. The van der Waals surface area contributed by atoms with Gasteiger partial charge in [-0.15, -0.1) is 0 Å². The van der Waals surface area contributed by atoms with Gasteiger partial charge >= 0.3 is 0 Å². The van der Waals surface area contributed by atoms with E-state index in [2.05, 4.69) is 10.6 Å². The highest BCUT2D eigenvalue weighted by Gasteiger charge is 2.18. The Morgan fingerprint density at radius 3 is 2.27 bits per heavy atom. The summed E-state index contributed by atoms with van der Waals surface area (Å²) < 4.78 is 5.81. The van der Waals surface area contributed by atoms with Gasteiger partial charge in [-0.2, -0.15) is 0 Å². The van der Waals surface area contributed by atoms with Crippen molar-refractivity contribution in [2.45, 2.75) is 27.7 Å². The van der Waals surface area contributed by atoms with Crippen LogP contribution in [0.5, 0.6) is 0 Å². The highest BCUT2D eigenvalue weighted by Crippen LogP contribution is 2.28. The van der Waals surface area contributed by atoms with Crippen molar-refractivity contribution in [3.05, 3.63) is 59.4 Å². The standard InChI is InChI=1S/C21H22N2O3/c1-12(2)20(24)22-15-8-6-9-16(11-15)23-21(25)19-14(4)17-10-5-7-13(3)18(17)26-19/h5-12H,1-4H3,(H,22,24)(H,23,25). The number of furan rings is 1. The number of hydrogen-bond acceptors (Lipinski definition) is 3. The van der Waals surface area contributed by atoms with Crippen LogP contribution in [0.25, 0.3) is 11.0 Å². The number of anilines is 2. The van der Waals surface area contributed by atoms with Crippen LogP contribution < -0.4 is 10.6 Å². The third-order valence-corrected chi connectivity index (χ3v) is 4.28. The van der Waals surface area contributed by atoms with E-state index < -0.39 is 0 Å². The molecule has 1 heterocycles. The van der Waals surface area contributed by atoms with E-state index in [4.69, 9.17) is 4.42 Å². The van der Waals surface area contributed by atoms with Gasteiger partial charge in [-0.25, -0.2) is 0 Å². The van der Waals surface area contributed by atoms with E-state index in [1.54, 1.807) is 24.3 Å². The fraction of sp³-hybridized carbons (Fsp3) is 0.238. The van der Waals surface area contributed by atoms with Crippen LogP contribution >= 0.6 is 0 Å². The molecule has 0 aliphatic carbocycles. The fourth-order valence-corrected chi connectivity index (χ4v) is 2.75. The molecule has 1 aromatic heterocycles. The van der Waals surface area contributed by atoms with Gasteiger partial charge in [0.15, 0.2) is 5.76 Å². The highest BCUT2D eigenvalue weighted by atomic mass is 16.3. The molecular formula is C21H22N2O3. The van der Waals surface area contributed by atoms with Gasteiger partial charge < -0.3 is 15.1 Å². The maximum Gasteiger partial charge on any atom is 0.291 e. The van der Waals surface area contributed by atoms with E-state index in [1.165, 1.54) is 0 Å². The molecule has 0 atom stereocenters. The number of carbonyl (C=O) groups is 2. The zero-order valence-electron chi connectivity index (χ0n) is 15.3. The molecule has 0 saturated carbocycles. The summed E-state index contributed by atoms with van der Waals surface area (Å²) in [6.07, 6.45) is 0. The molecule has 0 spiro atoms. The third kappa shape index (κ3) is 3.47.